The van der Waals surface area contributed by atoms with Crippen LogP contribution in [0.25, 0.3) is 11.5 Å². The minimum absolute atomic E-state index is 0.171. The van der Waals surface area contributed by atoms with Crippen molar-refractivity contribution >= 4 is 23.5 Å². The van der Waals surface area contributed by atoms with E-state index < -0.39 is 11.9 Å². The maximum atomic E-state index is 13.2. The number of carbonyl (C=O) groups excluding carboxylic acids is 2. The zero-order valence-electron chi connectivity index (χ0n) is 20.9. The van der Waals surface area contributed by atoms with E-state index in [0.29, 0.717) is 22.3 Å². The Morgan fingerprint density at radius 1 is 0.389 bits per heavy atom. The van der Waals surface area contributed by atoms with Crippen molar-refractivity contribution in [2.24, 2.45) is 0 Å². The van der Waals surface area contributed by atoms with E-state index in [9.17, 15) is 9.59 Å². The van der Waals surface area contributed by atoms with Gasteiger partial charge < -0.3 is 9.47 Å². The van der Waals surface area contributed by atoms with Crippen LogP contribution in [0.5, 0.6) is 0 Å². The molecule has 0 saturated carbocycles. The first-order valence-corrected chi connectivity index (χ1v) is 11.8. The number of benzene rings is 4. The molecule has 0 unspecified atom stereocenters. The molecule has 36 heavy (non-hydrogen) atoms. The Balaban J connectivity index is 1.85. The molecule has 0 bridgehead atoms. The van der Waals surface area contributed by atoms with Crippen LogP contribution in [0, 0.1) is 27.7 Å². The fraction of sp³-hybridized carbons (Fsp3) is 0.125. The fourth-order valence-electron chi connectivity index (χ4n) is 3.57. The third-order valence-corrected chi connectivity index (χ3v) is 5.80. The number of hydrogen-bond acceptors (Lipinski definition) is 4. The van der Waals surface area contributed by atoms with Crippen LogP contribution >= 0.6 is 0 Å². The Kier molecular flexibility index (Phi) is 7.45. The molecule has 0 aliphatic carbocycles. The Labute approximate surface area is 211 Å². The van der Waals surface area contributed by atoms with Gasteiger partial charge in [-0.2, -0.15) is 0 Å². The summed E-state index contributed by atoms with van der Waals surface area (Å²) in [7, 11) is 0. The second-order valence-electron chi connectivity index (χ2n) is 8.90. The third kappa shape index (κ3) is 5.97. The molecule has 0 saturated heterocycles. The SMILES string of the molecule is Cc1ccc(C(=O)O/C(=C(/OC(=O)c2ccc(C)cc2)c2ccc(C)cc2)c2ccc(C)cc2)cc1. The van der Waals surface area contributed by atoms with Crippen LogP contribution in [-0.2, 0) is 9.47 Å². The highest BCUT2D eigenvalue weighted by Crippen LogP contribution is 2.31. The molecule has 0 aliphatic heterocycles. The Morgan fingerprint density at radius 2 is 0.611 bits per heavy atom. The highest BCUT2D eigenvalue weighted by atomic mass is 16.6. The Bertz CT molecular complexity index is 1280. The third-order valence-electron chi connectivity index (χ3n) is 5.80. The molecule has 0 N–H and O–H groups in total. The van der Waals surface area contributed by atoms with E-state index in [1.807, 2.05) is 100 Å². The maximum absolute atomic E-state index is 13.2. The van der Waals surface area contributed by atoms with E-state index in [-0.39, 0.29) is 11.5 Å². The summed E-state index contributed by atoms with van der Waals surface area (Å²) in [5.74, 6) is -0.738. The zero-order valence-corrected chi connectivity index (χ0v) is 20.9. The monoisotopic (exact) mass is 476 g/mol. The van der Waals surface area contributed by atoms with Crippen LogP contribution in [-0.4, -0.2) is 11.9 Å². The van der Waals surface area contributed by atoms with Gasteiger partial charge >= 0.3 is 11.9 Å². The number of ether oxygens (including phenoxy) is 2. The summed E-state index contributed by atoms with van der Waals surface area (Å²) in [5, 5.41) is 0. The number of hydrogen-bond donors (Lipinski definition) is 0. The van der Waals surface area contributed by atoms with Crippen molar-refractivity contribution in [3.05, 3.63) is 142 Å². The van der Waals surface area contributed by atoms with Gasteiger partial charge in [0.1, 0.15) is 0 Å². The van der Waals surface area contributed by atoms with E-state index in [1.54, 1.807) is 24.3 Å². The second-order valence-corrected chi connectivity index (χ2v) is 8.90. The summed E-state index contributed by atoms with van der Waals surface area (Å²) in [6, 6.07) is 29.3. The first kappa shape index (κ1) is 24.7. The molecule has 4 nitrogen and oxygen atoms in total. The standard InChI is InChI=1S/C32H28O4/c1-21-5-13-25(14-6-21)29(35-31(33)27-17-9-23(3)10-18-27)30(26-15-7-22(2)8-16-26)36-32(34)28-19-11-24(4)12-20-28/h5-20H,1-4H3/b30-29+. The molecule has 4 aromatic rings. The van der Waals surface area contributed by atoms with E-state index in [0.717, 1.165) is 22.3 Å². The highest BCUT2D eigenvalue weighted by molar-refractivity contribution is 6.00. The minimum Gasteiger partial charge on any atom is -0.418 e. The van der Waals surface area contributed by atoms with Crippen LogP contribution in [0.1, 0.15) is 54.1 Å². The van der Waals surface area contributed by atoms with Crippen molar-refractivity contribution in [2.45, 2.75) is 27.7 Å². The molecule has 0 aromatic heterocycles. The van der Waals surface area contributed by atoms with Gasteiger partial charge in [-0.1, -0.05) is 95.1 Å². The molecule has 4 heteroatoms. The van der Waals surface area contributed by atoms with Gasteiger partial charge in [-0.15, -0.1) is 0 Å². The van der Waals surface area contributed by atoms with Crippen LogP contribution < -0.4 is 0 Å². The number of aryl methyl sites for hydroxylation is 4. The summed E-state index contributed by atoms with van der Waals surface area (Å²) >= 11 is 0. The van der Waals surface area contributed by atoms with Crippen LogP contribution in [0.15, 0.2) is 97.1 Å². The van der Waals surface area contributed by atoms with Crippen molar-refractivity contribution in [3.8, 4) is 0 Å². The van der Waals surface area contributed by atoms with E-state index in [1.165, 1.54) is 0 Å². The lowest BCUT2D eigenvalue weighted by atomic mass is 10.0. The molecular formula is C32H28O4. The predicted octanol–water partition coefficient (Wildman–Crippen LogP) is 7.46. The molecule has 4 aromatic carbocycles. The van der Waals surface area contributed by atoms with Gasteiger partial charge in [0.2, 0.25) is 0 Å². The van der Waals surface area contributed by atoms with Gasteiger partial charge in [-0.05, 0) is 52.0 Å². The van der Waals surface area contributed by atoms with Crippen LogP contribution in [0.4, 0.5) is 0 Å². The molecule has 0 radical (unpaired) electrons. The van der Waals surface area contributed by atoms with Crippen molar-refractivity contribution in [1.82, 2.24) is 0 Å². The van der Waals surface area contributed by atoms with Gasteiger partial charge in [-0.3, -0.25) is 0 Å². The predicted molar refractivity (Wildman–Crippen MR) is 142 cm³/mol. The Hall–Kier alpha value is -4.44. The number of esters is 2. The van der Waals surface area contributed by atoms with Gasteiger partial charge in [0.25, 0.3) is 0 Å². The average molecular weight is 477 g/mol. The molecule has 0 fully saturated rings. The van der Waals surface area contributed by atoms with Crippen molar-refractivity contribution in [3.63, 3.8) is 0 Å². The minimum atomic E-state index is -0.540. The summed E-state index contributed by atoms with van der Waals surface area (Å²) in [6.45, 7) is 7.85. The average Bonchev–Trinajstić information content (AvgIpc) is 2.88. The quantitative estimate of drug-likeness (QED) is 0.165. The van der Waals surface area contributed by atoms with Crippen molar-refractivity contribution in [1.29, 1.82) is 0 Å². The number of rotatable bonds is 6. The van der Waals surface area contributed by atoms with Gasteiger partial charge in [0.05, 0.1) is 11.1 Å². The molecule has 0 heterocycles. The summed E-state index contributed by atoms with van der Waals surface area (Å²) in [6.07, 6.45) is 0. The molecule has 0 amide bonds. The molecule has 0 atom stereocenters. The molecule has 180 valence electrons. The topological polar surface area (TPSA) is 52.6 Å². The highest BCUT2D eigenvalue weighted by Gasteiger charge is 2.23. The van der Waals surface area contributed by atoms with Crippen LogP contribution in [0.2, 0.25) is 0 Å². The first-order valence-electron chi connectivity index (χ1n) is 11.8. The van der Waals surface area contributed by atoms with Gasteiger partial charge in [-0.25, -0.2) is 9.59 Å². The lowest BCUT2D eigenvalue weighted by Gasteiger charge is -2.17. The molecular weight excluding hydrogens is 448 g/mol. The maximum Gasteiger partial charge on any atom is 0.343 e. The lowest BCUT2D eigenvalue weighted by Crippen LogP contribution is -2.11. The first-order chi connectivity index (χ1) is 17.3. The molecule has 4 rings (SSSR count). The van der Waals surface area contributed by atoms with Crippen LogP contribution in [0.3, 0.4) is 0 Å². The van der Waals surface area contributed by atoms with E-state index in [2.05, 4.69) is 0 Å². The lowest BCUT2D eigenvalue weighted by molar-refractivity contribution is 0.0646. The van der Waals surface area contributed by atoms with Crippen molar-refractivity contribution in [2.75, 3.05) is 0 Å². The Morgan fingerprint density at radius 3 is 0.861 bits per heavy atom. The van der Waals surface area contributed by atoms with Gasteiger partial charge in [0.15, 0.2) is 11.5 Å². The summed E-state index contributed by atoms with van der Waals surface area (Å²) < 4.78 is 11.9. The largest absolute Gasteiger partial charge is 0.418 e. The van der Waals surface area contributed by atoms with E-state index in [4.69, 9.17) is 9.47 Å². The molecule has 0 aliphatic rings. The normalized spacial score (nSPS) is 11.4. The molecule has 0 spiro atoms. The fourth-order valence-corrected chi connectivity index (χ4v) is 3.57. The number of carbonyl (C=O) groups is 2. The summed E-state index contributed by atoms with van der Waals surface area (Å²) in [5.41, 5.74) is 6.22. The summed E-state index contributed by atoms with van der Waals surface area (Å²) in [4.78, 5) is 26.4. The van der Waals surface area contributed by atoms with Gasteiger partial charge in [0, 0.05) is 11.1 Å². The van der Waals surface area contributed by atoms with Crippen molar-refractivity contribution < 1.29 is 19.1 Å². The van der Waals surface area contributed by atoms with E-state index >= 15 is 0 Å². The smallest absolute Gasteiger partial charge is 0.343 e. The second kappa shape index (κ2) is 10.9. The zero-order chi connectivity index (χ0) is 25.7.